The summed E-state index contributed by atoms with van der Waals surface area (Å²) in [7, 11) is 0. The zero-order valence-corrected chi connectivity index (χ0v) is 13.4. The molecule has 1 aliphatic rings. The molecule has 2 atom stereocenters. The molecule has 1 aromatic carbocycles. The highest BCUT2D eigenvalue weighted by molar-refractivity contribution is 5.48. The number of anilines is 1. The third-order valence-corrected chi connectivity index (χ3v) is 4.69. The van der Waals surface area contributed by atoms with E-state index in [1.54, 1.807) is 0 Å². The van der Waals surface area contributed by atoms with Crippen molar-refractivity contribution in [3.8, 4) is 0 Å². The van der Waals surface area contributed by atoms with E-state index in [2.05, 4.69) is 37.8 Å². The van der Waals surface area contributed by atoms with Crippen molar-refractivity contribution in [1.82, 2.24) is 0 Å². The number of hydrogen-bond donors (Lipinski definition) is 1. The zero-order valence-electron chi connectivity index (χ0n) is 13.4. The van der Waals surface area contributed by atoms with Gasteiger partial charge in [-0.3, -0.25) is 0 Å². The fourth-order valence-corrected chi connectivity index (χ4v) is 3.18. The van der Waals surface area contributed by atoms with Gasteiger partial charge in [0.05, 0.1) is 6.10 Å². The largest absolute Gasteiger partial charge is 0.389 e. The minimum absolute atomic E-state index is 0.376. The molecule has 1 fully saturated rings. The lowest BCUT2D eigenvalue weighted by molar-refractivity contribution is 0.199. The highest BCUT2D eigenvalue weighted by atomic mass is 16.3. The number of aliphatic hydroxyl groups excluding tert-OH is 1. The maximum absolute atomic E-state index is 9.58. The Morgan fingerprint density at radius 1 is 1.10 bits per heavy atom. The van der Waals surface area contributed by atoms with Crippen LogP contribution in [0.5, 0.6) is 0 Å². The van der Waals surface area contributed by atoms with E-state index in [-0.39, 0.29) is 6.10 Å². The standard InChI is InChI=1S/C18H29NO/c1-14(20)15-7-9-17(10-8-15)19-12-5-6-16(11-13-19)18(2,3)4/h7-10,14,16,20H,5-6,11-13H2,1-4H3/t14-,16?/m0/s1. The predicted octanol–water partition coefficient (Wildman–Crippen LogP) is 4.39. The van der Waals surface area contributed by atoms with E-state index in [0.29, 0.717) is 5.41 Å². The van der Waals surface area contributed by atoms with Gasteiger partial charge in [-0.25, -0.2) is 0 Å². The van der Waals surface area contributed by atoms with Crippen LogP contribution in [0.2, 0.25) is 0 Å². The van der Waals surface area contributed by atoms with E-state index in [9.17, 15) is 5.11 Å². The third-order valence-electron chi connectivity index (χ3n) is 4.69. The number of benzene rings is 1. The molecule has 1 unspecified atom stereocenters. The lowest BCUT2D eigenvalue weighted by Crippen LogP contribution is -2.26. The molecule has 1 N–H and O–H groups in total. The van der Waals surface area contributed by atoms with Gasteiger partial charge in [-0.15, -0.1) is 0 Å². The summed E-state index contributed by atoms with van der Waals surface area (Å²) in [5.74, 6) is 0.823. The van der Waals surface area contributed by atoms with Gasteiger partial charge in [-0.1, -0.05) is 32.9 Å². The van der Waals surface area contributed by atoms with Gasteiger partial charge in [0, 0.05) is 18.8 Å². The van der Waals surface area contributed by atoms with Gasteiger partial charge in [0.15, 0.2) is 0 Å². The molecule has 1 heterocycles. The Kier molecular flexibility index (Phi) is 4.74. The lowest BCUT2D eigenvalue weighted by atomic mass is 9.77. The molecule has 0 aliphatic carbocycles. The van der Waals surface area contributed by atoms with E-state index >= 15 is 0 Å². The van der Waals surface area contributed by atoms with E-state index in [0.717, 1.165) is 24.6 Å². The van der Waals surface area contributed by atoms with Crippen LogP contribution in [0.1, 0.15) is 58.6 Å². The van der Waals surface area contributed by atoms with E-state index in [1.807, 2.05) is 19.1 Å². The van der Waals surface area contributed by atoms with Gasteiger partial charge in [0.25, 0.3) is 0 Å². The molecule has 2 rings (SSSR count). The van der Waals surface area contributed by atoms with E-state index < -0.39 is 0 Å². The average molecular weight is 275 g/mol. The van der Waals surface area contributed by atoms with Crippen LogP contribution in [0.4, 0.5) is 5.69 Å². The molecule has 2 heteroatoms. The van der Waals surface area contributed by atoms with Gasteiger partial charge in [-0.2, -0.15) is 0 Å². The van der Waals surface area contributed by atoms with Crippen LogP contribution >= 0.6 is 0 Å². The number of hydrogen-bond acceptors (Lipinski definition) is 2. The molecule has 0 amide bonds. The summed E-state index contributed by atoms with van der Waals surface area (Å²) in [5, 5.41) is 9.58. The quantitative estimate of drug-likeness (QED) is 0.865. The fourth-order valence-electron chi connectivity index (χ4n) is 3.18. The predicted molar refractivity (Wildman–Crippen MR) is 86.1 cm³/mol. The zero-order chi connectivity index (χ0) is 14.8. The van der Waals surface area contributed by atoms with Crippen molar-refractivity contribution in [3.63, 3.8) is 0 Å². The number of rotatable bonds is 2. The molecule has 0 radical (unpaired) electrons. The van der Waals surface area contributed by atoms with Gasteiger partial charge >= 0.3 is 0 Å². The van der Waals surface area contributed by atoms with Crippen molar-refractivity contribution in [2.24, 2.45) is 11.3 Å². The second kappa shape index (κ2) is 6.17. The van der Waals surface area contributed by atoms with Gasteiger partial charge < -0.3 is 10.0 Å². The maximum Gasteiger partial charge on any atom is 0.0761 e. The highest BCUT2D eigenvalue weighted by Crippen LogP contribution is 2.35. The Balaban J connectivity index is 2.03. The molecular formula is C18H29NO. The Morgan fingerprint density at radius 2 is 1.75 bits per heavy atom. The van der Waals surface area contributed by atoms with Crippen molar-refractivity contribution in [2.45, 2.75) is 53.1 Å². The first-order valence-electron chi connectivity index (χ1n) is 7.91. The van der Waals surface area contributed by atoms with Crippen LogP contribution in [-0.2, 0) is 0 Å². The second-order valence-electron chi connectivity index (χ2n) is 7.25. The lowest BCUT2D eigenvalue weighted by Gasteiger charge is -2.30. The van der Waals surface area contributed by atoms with E-state index in [4.69, 9.17) is 0 Å². The van der Waals surface area contributed by atoms with Crippen LogP contribution in [-0.4, -0.2) is 18.2 Å². The summed E-state index contributed by atoms with van der Waals surface area (Å²) in [4.78, 5) is 2.50. The molecule has 0 spiro atoms. The fraction of sp³-hybridized carbons (Fsp3) is 0.667. The summed E-state index contributed by atoms with van der Waals surface area (Å²) < 4.78 is 0. The van der Waals surface area contributed by atoms with Crippen LogP contribution in [0.25, 0.3) is 0 Å². The number of nitrogens with zero attached hydrogens (tertiary/aromatic N) is 1. The molecular weight excluding hydrogens is 246 g/mol. The topological polar surface area (TPSA) is 23.5 Å². The molecule has 0 saturated carbocycles. The minimum atomic E-state index is -0.376. The number of aliphatic hydroxyl groups is 1. The smallest absolute Gasteiger partial charge is 0.0761 e. The summed E-state index contributed by atoms with van der Waals surface area (Å²) >= 11 is 0. The Labute approximate surface area is 123 Å². The third kappa shape index (κ3) is 3.76. The van der Waals surface area contributed by atoms with Gasteiger partial charge in [0.2, 0.25) is 0 Å². The maximum atomic E-state index is 9.58. The first-order valence-corrected chi connectivity index (χ1v) is 7.91. The molecule has 1 aliphatic heterocycles. The van der Waals surface area contributed by atoms with E-state index in [1.165, 1.54) is 24.9 Å². The van der Waals surface area contributed by atoms with Crippen molar-refractivity contribution >= 4 is 5.69 Å². The monoisotopic (exact) mass is 275 g/mol. The molecule has 0 aromatic heterocycles. The summed E-state index contributed by atoms with van der Waals surface area (Å²) in [6, 6.07) is 8.40. The van der Waals surface area contributed by atoms with Crippen LogP contribution in [0, 0.1) is 11.3 Å². The first kappa shape index (κ1) is 15.4. The molecule has 20 heavy (non-hydrogen) atoms. The van der Waals surface area contributed by atoms with Crippen molar-refractivity contribution in [1.29, 1.82) is 0 Å². The summed E-state index contributed by atoms with van der Waals surface area (Å²) in [6.07, 6.45) is 3.52. The Bertz CT molecular complexity index is 416. The molecule has 112 valence electrons. The first-order chi connectivity index (χ1) is 9.38. The normalized spacial score (nSPS) is 22.4. The van der Waals surface area contributed by atoms with Crippen molar-refractivity contribution in [3.05, 3.63) is 29.8 Å². The Morgan fingerprint density at radius 3 is 2.30 bits per heavy atom. The van der Waals surface area contributed by atoms with Crippen LogP contribution in [0.3, 0.4) is 0 Å². The second-order valence-corrected chi connectivity index (χ2v) is 7.25. The average Bonchev–Trinajstić information content (AvgIpc) is 2.64. The van der Waals surface area contributed by atoms with Crippen LogP contribution < -0.4 is 4.90 Å². The van der Waals surface area contributed by atoms with Crippen molar-refractivity contribution < 1.29 is 5.11 Å². The summed E-state index contributed by atoms with van der Waals surface area (Å²) in [5.41, 5.74) is 2.71. The SMILES string of the molecule is C[C@H](O)c1ccc(N2CCCC(C(C)(C)C)CC2)cc1. The minimum Gasteiger partial charge on any atom is -0.389 e. The molecule has 1 aromatic rings. The van der Waals surface area contributed by atoms with Gasteiger partial charge in [0.1, 0.15) is 0 Å². The molecule has 2 nitrogen and oxygen atoms in total. The van der Waals surface area contributed by atoms with Crippen molar-refractivity contribution in [2.75, 3.05) is 18.0 Å². The summed E-state index contributed by atoms with van der Waals surface area (Å²) in [6.45, 7) is 11.2. The van der Waals surface area contributed by atoms with Crippen LogP contribution in [0.15, 0.2) is 24.3 Å². The Hall–Kier alpha value is -1.02. The highest BCUT2D eigenvalue weighted by Gasteiger charge is 2.27. The molecule has 1 saturated heterocycles. The molecule has 0 bridgehead atoms. The van der Waals surface area contributed by atoms with Gasteiger partial charge in [-0.05, 0) is 55.2 Å².